The molecule has 0 N–H and O–H groups in total. The summed E-state index contributed by atoms with van der Waals surface area (Å²) in [6.07, 6.45) is 0. The van der Waals surface area contributed by atoms with Crippen molar-refractivity contribution in [3.63, 3.8) is 0 Å². The Kier molecular flexibility index (Phi) is 7.49. The maximum absolute atomic E-state index is 7.10. The number of anilines is 3. The van der Waals surface area contributed by atoms with Gasteiger partial charge >= 0.3 is 0 Å². The van der Waals surface area contributed by atoms with E-state index in [1.54, 1.807) is 0 Å². The van der Waals surface area contributed by atoms with Gasteiger partial charge in [0.15, 0.2) is 0 Å². The van der Waals surface area contributed by atoms with Gasteiger partial charge in [-0.15, -0.1) is 0 Å². The number of furan rings is 1. The predicted molar refractivity (Wildman–Crippen MR) is 276 cm³/mol. The zero-order valence-corrected chi connectivity index (χ0v) is 36.1. The van der Waals surface area contributed by atoms with Gasteiger partial charge in [-0.25, -0.2) is 0 Å². The van der Waals surface area contributed by atoms with Crippen molar-refractivity contribution in [1.29, 1.82) is 0 Å². The third kappa shape index (κ3) is 5.17. The highest BCUT2D eigenvalue weighted by Crippen LogP contribution is 2.52. The maximum Gasteiger partial charge on any atom is 0.143 e. The van der Waals surface area contributed by atoms with E-state index in [1.807, 2.05) is 0 Å². The number of benzene rings is 12. The molecular weight excluding hydrogens is 787 g/mol. The van der Waals surface area contributed by atoms with Crippen molar-refractivity contribution >= 4 is 104 Å². The van der Waals surface area contributed by atoms with Crippen molar-refractivity contribution in [1.82, 2.24) is 0 Å². The molecule has 0 amide bonds. The van der Waals surface area contributed by atoms with Crippen LogP contribution in [-0.4, -0.2) is 0 Å². The van der Waals surface area contributed by atoms with Crippen LogP contribution in [0, 0.1) is 0 Å². The van der Waals surface area contributed by atoms with E-state index in [0.717, 1.165) is 50.1 Å². The van der Waals surface area contributed by atoms with Gasteiger partial charge < -0.3 is 9.32 Å². The maximum atomic E-state index is 7.10. The topological polar surface area (TPSA) is 16.4 Å². The summed E-state index contributed by atoms with van der Waals surface area (Å²) in [4.78, 5) is 2.48. The van der Waals surface area contributed by atoms with Crippen molar-refractivity contribution in [3.8, 4) is 22.3 Å². The Morgan fingerprint density at radius 2 is 0.892 bits per heavy atom. The lowest BCUT2D eigenvalue weighted by molar-refractivity contribution is 0.660. The molecule has 2 heteroatoms. The summed E-state index contributed by atoms with van der Waals surface area (Å²) >= 11 is 0. The Labute approximate surface area is 376 Å². The van der Waals surface area contributed by atoms with Gasteiger partial charge in [-0.3, -0.25) is 0 Å². The lowest BCUT2D eigenvalue weighted by atomic mass is 9.82. The average molecular weight is 828 g/mol. The molecule has 14 rings (SSSR count). The number of nitrogens with zero attached hydrogens (tertiary/aromatic N) is 1. The average Bonchev–Trinajstić information content (AvgIpc) is 3.83. The molecule has 1 aliphatic carbocycles. The lowest BCUT2D eigenvalue weighted by Gasteiger charge is -2.29. The number of fused-ring (bicyclic) bond motifs is 16. The minimum absolute atomic E-state index is 0.149. The molecule has 0 atom stereocenters. The van der Waals surface area contributed by atoms with E-state index in [2.05, 4.69) is 231 Å². The van der Waals surface area contributed by atoms with Crippen LogP contribution in [0.2, 0.25) is 0 Å². The summed E-state index contributed by atoms with van der Waals surface area (Å²) in [6, 6.07) is 78.5. The molecule has 1 heterocycles. The first-order chi connectivity index (χ1) is 32.0. The van der Waals surface area contributed by atoms with Crippen LogP contribution < -0.4 is 4.90 Å². The molecule has 0 bridgehead atoms. The summed E-state index contributed by atoms with van der Waals surface area (Å²) in [5.74, 6) is 0. The normalized spacial score (nSPS) is 13.2. The van der Waals surface area contributed by atoms with Crippen LogP contribution in [0.4, 0.5) is 17.1 Å². The van der Waals surface area contributed by atoms with Crippen molar-refractivity contribution < 1.29 is 4.42 Å². The second-order valence-corrected chi connectivity index (χ2v) is 18.4. The largest absolute Gasteiger partial charge is 0.455 e. The molecule has 1 aliphatic rings. The molecule has 12 aromatic carbocycles. The first-order valence-corrected chi connectivity index (χ1v) is 22.7. The van der Waals surface area contributed by atoms with E-state index < -0.39 is 0 Å². The van der Waals surface area contributed by atoms with Gasteiger partial charge in [0.05, 0.1) is 5.69 Å². The molecule has 0 radical (unpaired) electrons. The van der Waals surface area contributed by atoms with Crippen molar-refractivity contribution in [2.75, 3.05) is 4.90 Å². The van der Waals surface area contributed by atoms with Crippen LogP contribution in [0.25, 0.3) is 109 Å². The highest BCUT2D eigenvalue weighted by atomic mass is 16.3. The van der Waals surface area contributed by atoms with Crippen molar-refractivity contribution in [2.45, 2.75) is 19.3 Å². The van der Waals surface area contributed by atoms with Crippen molar-refractivity contribution in [2.24, 2.45) is 0 Å². The fourth-order valence-electron chi connectivity index (χ4n) is 11.5. The van der Waals surface area contributed by atoms with Crippen LogP contribution in [0.3, 0.4) is 0 Å². The van der Waals surface area contributed by atoms with Gasteiger partial charge in [0.25, 0.3) is 0 Å². The minimum atomic E-state index is -0.149. The van der Waals surface area contributed by atoms with Crippen LogP contribution in [0.5, 0.6) is 0 Å². The fraction of sp³-hybridized carbons (Fsp3) is 0.0476. The number of hydrogen-bond donors (Lipinski definition) is 0. The van der Waals surface area contributed by atoms with Gasteiger partial charge in [-0.1, -0.05) is 178 Å². The molecule has 0 saturated carbocycles. The highest BCUT2D eigenvalue weighted by molar-refractivity contribution is 6.27. The molecule has 65 heavy (non-hydrogen) atoms. The Hall–Kier alpha value is -8.20. The molecule has 0 fully saturated rings. The summed E-state index contributed by atoms with van der Waals surface area (Å²) < 4.78 is 7.10. The smallest absolute Gasteiger partial charge is 0.143 e. The second-order valence-electron chi connectivity index (χ2n) is 18.4. The molecule has 0 unspecified atom stereocenters. The first kappa shape index (κ1) is 36.3. The lowest BCUT2D eigenvalue weighted by Crippen LogP contribution is -2.16. The fourth-order valence-corrected chi connectivity index (χ4v) is 11.5. The van der Waals surface area contributed by atoms with E-state index >= 15 is 0 Å². The van der Waals surface area contributed by atoms with Crippen LogP contribution in [0.15, 0.2) is 217 Å². The molecular formula is C63H41NO. The van der Waals surface area contributed by atoms with Crippen LogP contribution in [0.1, 0.15) is 25.0 Å². The molecule has 304 valence electrons. The minimum Gasteiger partial charge on any atom is -0.455 e. The quantitative estimate of drug-likeness (QED) is 0.164. The Morgan fingerprint density at radius 3 is 1.63 bits per heavy atom. The summed E-state index contributed by atoms with van der Waals surface area (Å²) in [5.41, 5.74) is 12.6. The molecule has 0 saturated heterocycles. The highest BCUT2D eigenvalue weighted by Gasteiger charge is 2.36. The zero-order valence-electron chi connectivity index (χ0n) is 36.1. The van der Waals surface area contributed by atoms with Gasteiger partial charge in [0.2, 0.25) is 0 Å². The molecule has 0 spiro atoms. The molecule has 2 nitrogen and oxygen atoms in total. The van der Waals surface area contributed by atoms with Crippen molar-refractivity contribution in [3.05, 3.63) is 223 Å². The Morgan fingerprint density at radius 1 is 0.354 bits per heavy atom. The van der Waals surface area contributed by atoms with Gasteiger partial charge in [0.1, 0.15) is 11.2 Å². The summed E-state index contributed by atoms with van der Waals surface area (Å²) in [7, 11) is 0. The third-order valence-corrected chi connectivity index (χ3v) is 14.6. The number of hydrogen-bond acceptors (Lipinski definition) is 2. The Balaban J connectivity index is 1.03. The summed E-state index contributed by atoms with van der Waals surface area (Å²) in [6.45, 7) is 4.73. The molecule has 13 aromatic rings. The van der Waals surface area contributed by atoms with Gasteiger partial charge in [0, 0.05) is 38.5 Å². The molecule has 1 aromatic heterocycles. The van der Waals surface area contributed by atoms with E-state index in [0.29, 0.717) is 0 Å². The zero-order chi connectivity index (χ0) is 43.0. The van der Waals surface area contributed by atoms with Gasteiger partial charge in [-0.2, -0.15) is 0 Å². The Bertz CT molecular complexity index is 4130. The molecule has 0 aliphatic heterocycles. The van der Waals surface area contributed by atoms with Gasteiger partial charge in [-0.05, 0) is 136 Å². The third-order valence-electron chi connectivity index (χ3n) is 14.6. The summed E-state index contributed by atoms with van der Waals surface area (Å²) in [5, 5.41) is 17.0. The van der Waals surface area contributed by atoms with E-state index in [4.69, 9.17) is 4.42 Å². The first-order valence-electron chi connectivity index (χ1n) is 22.7. The van der Waals surface area contributed by atoms with E-state index in [9.17, 15) is 0 Å². The second kappa shape index (κ2) is 13.4. The monoisotopic (exact) mass is 827 g/mol. The number of rotatable bonds is 4. The van der Waals surface area contributed by atoms with Crippen LogP contribution in [-0.2, 0) is 5.41 Å². The SMILES string of the molecule is CC1(C)c2ccccc2-c2ccc(N(c3ccc4oc5c(-c6ccc7c8ccccc8c8ccccc8c7c6)c6ccccc6cc5c4c3)c3cc4ccccc4c4ccccc34)cc21. The predicted octanol–water partition coefficient (Wildman–Crippen LogP) is 17.9. The van der Waals surface area contributed by atoms with Crippen LogP contribution >= 0.6 is 0 Å². The standard InChI is InChI=1S/C63H41NO/c1-63(2)57-26-14-13-24-51(57)52-31-28-42(37-58(52)63)64(59-35-39-16-3-5-17-43(39)45-19-11-12-25-53(45)59)41-29-32-60-55(36-41)56-33-38-15-4-6-18-44(38)61(62(56)65-60)40-27-30-50-48-22-8-7-20-46(48)47-21-9-10-23-49(47)54(50)34-40/h3-37H,1-2H3. The van der Waals surface area contributed by atoms with E-state index in [-0.39, 0.29) is 5.41 Å². The van der Waals surface area contributed by atoms with E-state index in [1.165, 1.54) is 86.9 Å².